The molecule has 0 aliphatic carbocycles. The number of nitrogens with zero attached hydrogens (tertiary/aromatic N) is 1. The van der Waals surface area contributed by atoms with Gasteiger partial charge in [-0.25, -0.2) is 4.79 Å². The maximum absolute atomic E-state index is 12.5. The van der Waals surface area contributed by atoms with E-state index in [4.69, 9.17) is 16.0 Å². The molecule has 1 saturated heterocycles. The Hall–Kier alpha value is -2.47. The minimum atomic E-state index is -0.107. The molecule has 0 bridgehead atoms. The number of amides is 3. The van der Waals surface area contributed by atoms with Crippen molar-refractivity contribution < 1.29 is 14.0 Å². The highest BCUT2D eigenvalue weighted by Crippen LogP contribution is 2.22. The zero-order chi connectivity index (χ0) is 19.9. The molecule has 1 aliphatic rings. The van der Waals surface area contributed by atoms with E-state index in [1.54, 1.807) is 24.3 Å². The quantitative estimate of drug-likeness (QED) is 0.741. The van der Waals surface area contributed by atoms with E-state index in [0.717, 1.165) is 43.0 Å². The number of piperidine rings is 1. The number of halogens is 1. The Labute approximate surface area is 170 Å². The summed E-state index contributed by atoms with van der Waals surface area (Å²) < 4.78 is 5.45. The van der Waals surface area contributed by atoms with Crippen molar-refractivity contribution in [2.45, 2.75) is 39.2 Å². The van der Waals surface area contributed by atoms with Gasteiger partial charge in [-0.05, 0) is 68.5 Å². The summed E-state index contributed by atoms with van der Waals surface area (Å²) in [4.78, 5) is 26.4. The highest BCUT2D eigenvalue weighted by molar-refractivity contribution is 6.30. The van der Waals surface area contributed by atoms with E-state index in [1.807, 2.05) is 24.0 Å². The van der Waals surface area contributed by atoms with Crippen LogP contribution in [-0.2, 0) is 11.3 Å². The summed E-state index contributed by atoms with van der Waals surface area (Å²) in [6, 6.07) is 10.7. The molecule has 2 N–H and O–H groups in total. The van der Waals surface area contributed by atoms with E-state index in [1.165, 1.54) is 0 Å². The van der Waals surface area contributed by atoms with Crippen molar-refractivity contribution in [2.75, 3.05) is 18.4 Å². The molecule has 0 saturated carbocycles. The molecule has 1 aromatic carbocycles. The molecule has 1 unspecified atom stereocenters. The Balaban J connectivity index is 1.40. The number of carbonyl (C=O) groups excluding carboxylic acids is 2. The second-order valence-electron chi connectivity index (χ2n) is 7.22. The van der Waals surface area contributed by atoms with Crippen molar-refractivity contribution in [1.29, 1.82) is 0 Å². The van der Waals surface area contributed by atoms with Gasteiger partial charge in [0.1, 0.15) is 11.5 Å². The molecule has 2 aromatic rings. The fourth-order valence-electron chi connectivity index (χ4n) is 3.41. The molecule has 1 aliphatic heterocycles. The predicted octanol–water partition coefficient (Wildman–Crippen LogP) is 4.58. The molecule has 7 heteroatoms. The fraction of sp³-hybridized carbons (Fsp3) is 0.429. The summed E-state index contributed by atoms with van der Waals surface area (Å²) >= 11 is 5.87. The number of likely N-dealkylation sites (tertiary alicyclic amines) is 1. The summed E-state index contributed by atoms with van der Waals surface area (Å²) in [5.74, 6) is 1.94. The third-order valence-electron chi connectivity index (χ3n) is 4.94. The van der Waals surface area contributed by atoms with Crippen LogP contribution in [0.2, 0.25) is 5.02 Å². The number of hydrogen-bond acceptors (Lipinski definition) is 3. The van der Waals surface area contributed by atoms with Gasteiger partial charge < -0.3 is 20.0 Å². The van der Waals surface area contributed by atoms with Crippen molar-refractivity contribution in [3.05, 3.63) is 52.9 Å². The van der Waals surface area contributed by atoms with Crippen LogP contribution in [0.1, 0.15) is 37.2 Å². The maximum Gasteiger partial charge on any atom is 0.321 e. The molecule has 0 radical (unpaired) electrons. The molecule has 3 rings (SSSR count). The van der Waals surface area contributed by atoms with Crippen LogP contribution >= 0.6 is 11.6 Å². The van der Waals surface area contributed by atoms with Crippen molar-refractivity contribution >= 4 is 29.2 Å². The fourth-order valence-corrected chi connectivity index (χ4v) is 3.54. The maximum atomic E-state index is 12.5. The average molecular weight is 404 g/mol. The molecule has 6 nitrogen and oxygen atoms in total. The van der Waals surface area contributed by atoms with E-state index in [-0.39, 0.29) is 11.9 Å². The van der Waals surface area contributed by atoms with Crippen molar-refractivity contribution in [3.63, 3.8) is 0 Å². The van der Waals surface area contributed by atoms with Crippen LogP contribution in [0, 0.1) is 12.8 Å². The number of nitrogens with one attached hydrogen (secondary N) is 2. The van der Waals surface area contributed by atoms with Gasteiger partial charge in [-0.3, -0.25) is 4.79 Å². The smallest absolute Gasteiger partial charge is 0.321 e. The van der Waals surface area contributed by atoms with Crippen LogP contribution in [-0.4, -0.2) is 29.9 Å². The third kappa shape index (κ3) is 6.02. The Morgan fingerprint density at radius 1 is 1.21 bits per heavy atom. The van der Waals surface area contributed by atoms with E-state index in [9.17, 15) is 9.59 Å². The lowest BCUT2D eigenvalue weighted by Crippen LogP contribution is -2.42. The first-order valence-electron chi connectivity index (χ1n) is 9.63. The number of benzene rings is 1. The summed E-state index contributed by atoms with van der Waals surface area (Å²) in [5.41, 5.74) is 0.726. The normalized spacial score (nSPS) is 16.6. The Bertz CT molecular complexity index is 803. The number of rotatable bonds is 6. The van der Waals surface area contributed by atoms with E-state index < -0.39 is 0 Å². The van der Waals surface area contributed by atoms with Crippen molar-refractivity contribution in [3.8, 4) is 0 Å². The molecule has 0 spiro atoms. The van der Waals surface area contributed by atoms with Gasteiger partial charge in [0, 0.05) is 30.2 Å². The number of furan rings is 1. The first-order valence-corrected chi connectivity index (χ1v) is 10.0. The molecule has 1 atom stereocenters. The molecule has 1 fully saturated rings. The lowest BCUT2D eigenvalue weighted by Gasteiger charge is -2.32. The van der Waals surface area contributed by atoms with Crippen molar-refractivity contribution in [1.82, 2.24) is 10.2 Å². The number of anilines is 1. The number of aryl methyl sites for hydroxylation is 1. The SMILES string of the molecule is Cc1ccc(CNC(=O)CCC2CCCN(C(=O)Nc3ccc(Cl)cc3)C2)o1. The Morgan fingerprint density at radius 2 is 2.00 bits per heavy atom. The first-order chi connectivity index (χ1) is 13.5. The van der Waals surface area contributed by atoms with Gasteiger partial charge >= 0.3 is 6.03 Å². The zero-order valence-corrected chi connectivity index (χ0v) is 16.8. The van der Waals surface area contributed by atoms with E-state index in [2.05, 4.69) is 10.6 Å². The number of carbonyl (C=O) groups is 2. The Morgan fingerprint density at radius 3 is 2.71 bits per heavy atom. The summed E-state index contributed by atoms with van der Waals surface area (Å²) in [7, 11) is 0. The molecule has 28 heavy (non-hydrogen) atoms. The standard InChI is InChI=1S/C21H26ClN3O3/c1-15-4-10-19(28-15)13-23-20(26)11-5-16-3-2-12-25(14-16)21(27)24-18-8-6-17(22)7-9-18/h4,6-10,16H,2-3,5,11-14H2,1H3,(H,23,26)(H,24,27). The monoisotopic (exact) mass is 403 g/mol. The average Bonchev–Trinajstić information content (AvgIpc) is 3.12. The van der Waals surface area contributed by atoms with Crippen LogP contribution in [0.4, 0.5) is 10.5 Å². The largest absolute Gasteiger partial charge is 0.465 e. The van der Waals surface area contributed by atoms with Gasteiger partial charge in [0.25, 0.3) is 0 Å². The summed E-state index contributed by atoms with van der Waals surface area (Å²) in [5, 5.41) is 6.43. The van der Waals surface area contributed by atoms with Gasteiger partial charge in [0.2, 0.25) is 5.91 Å². The molecule has 1 aromatic heterocycles. The van der Waals surface area contributed by atoms with Gasteiger partial charge in [-0.2, -0.15) is 0 Å². The topological polar surface area (TPSA) is 74.6 Å². The minimum absolute atomic E-state index is 0.0109. The van der Waals surface area contributed by atoms with Gasteiger partial charge in [-0.1, -0.05) is 11.6 Å². The first kappa shape index (κ1) is 20.3. The summed E-state index contributed by atoms with van der Waals surface area (Å²) in [6.45, 7) is 3.69. The Kier molecular flexibility index (Phi) is 6.98. The molecule has 2 heterocycles. The van der Waals surface area contributed by atoms with Gasteiger partial charge in [0.15, 0.2) is 0 Å². The van der Waals surface area contributed by atoms with E-state index in [0.29, 0.717) is 30.5 Å². The number of urea groups is 1. The highest BCUT2D eigenvalue weighted by Gasteiger charge is 2.24. The second kappa shape index (κ2) is 9.64. The molecular weight excluding hydrogens is 378 g/mol. The van der Waals surface area contributed by atoms with Crippen LogP contribution in [0.3, 0.4) is 0 Å². The minimum Gasteiger partial charge on any atom is -0.465 e. The van der Waals surface area contributed by atoms with Gasteiger partial charge in [0.05, 0.1) is 6.54 Å². The van der Waals surface area contributed by atoms with Crippen LogP contribution in [0.25, 0.3) is 0 Å². The van der Waals surface area contributed by atoms with E-state index >= 15 is 0 Å². The molecule has 150 valence electrons. The zero-order valence-electron chi connectivity index (χ0n) is 16.0. The number of hydrogen-bond donors (Lipinski definition) is 2. The van der Waals surface area contributed by atoms with Gasteiger partial charge in [-0.15, -0.1) is 0 Å². The lowest BCUT2D eigenvalue weighted by molar-refractivity contribution is -0.121. The molecular formula is C21H26ClN3O3. The summed E-state index contributed by atoms with van der Waals surface area (Å²) in [6.07, 6.45) is 3.21. The highest BCUT2D eigenvalue weighted by atomic mass is 35.5. The van der Waals surface area contributed by atoms with Crippen LogP contribution in [0.5, 0.6) is 0 Å². The van der Waals surface area contributed by atoms with Crippen molar-refractivity contribution in [2.24, 2.45) is 5.92 Å². The second-order valence-corrected chi connectivity index (χ2v) is 7.66. The lowest BCUT2D eigenvalue weighted by atomic mass is 9.93. The van der Waals surface area contributed by atoms with Crippen LogP contribution < -0.4 is 10.6 Å². The third-order valence-corrected chi connectivity index (χ3v) is 5.19. The predicted molar refractivity (Wildman–Crippen MR) is 109 cm³/mol. The van der Waals surface area contributed by atoms with Crippen LogP contribution in [0.15, 0.2) is 40.8 Å². The molecule has 3 amide bonds.